The van der Waals surface area contributed by atoms with E-state index in [1.54, 1.807) is 12.1 Å². The van der Waals surface area contributed by atoms with Crippen molar-refractivity contribution in [2.45, 2.75) is 0 Å². The molecule has 0 N–H and O–H groups in total. The molecule has 0 amide bonds. The summed E-state index contributed by atoms with van der Waals surface area (Å²) in [6, 6.07) is 6.26. The van der Waals surface area contributed by atoms with Crippen LogP contribution in [0.3, 0.4) is 0 Å². The number of benzene rings is 1. The summed E-state index contributed by atoms with van der Waals surface area (Å²) in [5, 5.41) is 0. The summed E-state index contributed by atoms with van der Waals surface area (Å²) in [5.41, 5.74) is 1.40. The number of hydrogen-bond donors (Lipinski definition) is 0. The van der Waals surface area contributed by atoms with Gasteiger partial charge >= 0.3 is 0 Å². The van der Waals surface area contributed by atoms with Crippen molar-refractivity contribution in [1.82, 2.24) is 4.98 Å². The van der Waals surface area contributed by atoms with E-state index in [2.05, 4.69) is 20.9 Å². The molecule has 0 atom stereocenters. The number of hydrogen-bond acceptors (Lipinski definition) is 2. The van der Waals surface area contributed by atoms with E-state index in [1.807, 2.05) is 0 Å². The van der Waals surface area contributed by atoms with Gasteiger partial charge in [-0.25, -0.2) is 9.37 Å². The van der Waals surface area contributed by atoms with E-state index in [1.165, 1.54) is 23.5 Å². The number of thiazole rings is 1. The Kier molecular flexibility index (Phi) is 2.85. The molecular weight excluding hydrogens is 289 g/mol. The van der Waals surface area contributed by atoms with E-state index >= 15 is 0 Å². The second-order valence-electron chi connectivity index (χ2n) is 2.60. The summed E-state index contributed by atoms with van der Waals surface area (Å²) in [6.45, 7) is 0. The van der Waals surface area contributed by atoms with Gasteiger partial charge in [0.1, 0.15) is 5.82 Å². The van der Waals surface area contributed by atoms with Crippen LogP contribution in [0.2, 0.25) is 4.47 Å². The van der Waals surface area contributed by atoms with Crippen LogP contribution in [0.5, 0.6) is 0 Å². The summed E-state index contributed by atoms with van der Waals surface area (Å²) in [4.78, 5) is 4.09. The van der Waals surface area contributed by atoms with E-state index in [0.717, 1.165) is 9.35 Å². The molecule has 14 heavy (non-hydrogen) atoms. The molecule has 1 aromatic carbocycles. The van der Waals surface area contributed by atoms with Crippen molar-refractivity contribution in [2.24, 2.45) is 0 Å². The molecule has 0 bridgehead atoms. The maximum Gasteiger partial charge on any atom is 0.185 e. The lowest BCUT2D eigenvalue weighted by molar-refractivity contribution is 0.628. The van der Waals surface area contributed by atoms with Gasteiger partial charge in [0.25, 0.3) is 0 Å². The van der Waals surface area contributed by atoms with E-state index < -0.39 is 0 Å². The molecule has 1 aromatic heterocycles. The second kappa shape index (κ2) is 3.96. The van der Waals surface area contributed by atoms with Crippen LogP contribution in [0.15, 0.2) is 28.1 Å². The highest BCUT2D eigenvalue weighted by molar-refractivity contribution is 9.11. The Bertz CT molecular complexity index is 472. The Balaban J connectivity index is 2.54. The predicted octanol–water partition coefficient (Wildman–Crippen LogP) is 4.37. The first-order valence-electron chi connectivity index (χ1n) is 3.74. The van der Waals surface area contributed by atoms with Crippen LogP contribution in [0.4, 0.5) is 4.39 Å². The average molecular weight is 293 g/mol. The maximum atomic E-state index is 12.9. The molecule has 72 valence electrons. The topological polar surface area (TPSA) is 12.9 Å². The van der Waals surface area contributed by atoms with Gasteiger partial charge in [0, 0.05) is 5.56 Å². The van der Waals surface area contributed by atoms with Crippen molar-refractivity contribution < 1.29 is 4.39 Å². The second-order valence-corrected chi connectivity index (χ2v) is 5.50. The normalized spacial score (nSPS) is 10.5. The van der Waals surface area contributed by atoms with E-state index in [-0.39, 0.29) is 5.82 Å². The van der Waals surface area contributed by atoms with Crippen molar-refractivity contribution in [3.05, 3.63) is 38.3 Å². The van der Waals surface area contributed by atoms with Gasteiger partial charge in [-0.15, -0.1) is 0 Å². The molecule has 1 nitrogen and oxygen atoms in total. The molecular formula is C9H4BrClFNS. The van der Waals surface area contributed by atoms with Crippen LogP contribution in [-0.4, -0.2) is 4.98 Å². The van der Waals surface area contributed by atoms with Crippen molar-refractivity contribution >= 4 is 38.9 Å². The fourth-order valence-electron chi connectivity index (χ4n) is 1.09. The van der Waals surface area contributed by atoms with E-state index in [0.29, 0.717) is 10.2 Å². The molecule has 0 aliphatic heterocycles. The zero-order chi connectivity index (χ0) is 10.1. The van der Waals surface area contributed by atoms with Crippen LogP contribution in [0, 0.1) is 5.82 Å². The highest BCUT2D eigenvalue weighted by Crippen LogP contribution is 2.35. The van der Waals surface area contributed by atoms with E-state index in [9.17, 15) is 4.39 Å². The largest absolute Gasteiger partial charge is 0.224 e. The quantitative estimate of drug-likeness (QED) is 0.761. The maximum absolute atomic E-state index is 12.9. The van der Waals surface area contributed by atoms with Gasteiger partial charge in [-0.05, 0) is 28.1 Å². The summed E-state index contributed by atoms with van der Waals surface area (Å²) in [6.07, 6.45) is 0. The molecule has 0 fully saturated rings. The summed E-state index contributed by atoms with van der Waals surface area (Å²) >= 11 is 10.4. The third-order valence-electron chi connectivity index (χ3n) is 1.66. The zero-order valence-corrected chi connectivity index (χ0v) is 9.96. The zero-order valence-electron chi connectivity index (χ0n) is 6.80. The van der Waals surface area contributed by atoms with Crippen molar-refractivity contribution in [3.63, 3.8) is 0 Å². The highest BCUT2D eigenvalue weighted by Gasteiger charge is 2.09. The number of nitrogens with zero attached hydrogens (tertiary/aromatic N) is 1. The molecule has 2 rings (SSSR count). The lowest BCUT2D eigenvalue weighted by Gasteiger charge is -1.96. The predicted molar refractivity (Wildman–Crippen MR) is 60.2 cm³/mol. The lowest BCUT2D eigenvalue weighted by atomic mass is 10.2. The van der Waals surface area contributed by atoms with Crippen LogP contribution in [0.1, 0.15) is 0 Å². The summed E-state index contributed by atoms with van der Waals surface area (Å²) in [7, 11) is 0. The molecule has 0 unspecified atom stereocenters. The molecule has 2 aromatic rings. The smallest absolute Gasteiger partial charge is 0.185 e. The standard InChI is InChI=1S/C9H4BrClFNS/c10-8-7(13-9(11)14-8)5-2-1-3-6(12)4-5/h1-4H. The monoisotopic (exact) mass is 291 g/mol. The third-order valence-corrected chi connectivity index (χ3v) is 3.47. The Morgan fingerprint density at radius 3 is 2.79 bits per heavy atom. The Morgan fingerprint density at radius 1 is 1.43 bits per heavy atom. The minimum Gasteiger partial charge on any atom is -0.224 e. The van der Waals surface area contributed by atoms with Gasteiger partial charge in [0.15, 0.2) is 4.47 Å². The number of halogens is 3. The molecule has 1 heterocycles. The molecule has 5 heteroatoms. The van der Waals surface area contributed by atoms with Gasteiger partial charge in [0.05, 0.1) is 9.48 Å². The van der Waals surface area contributed by atoms with Crippen LogP contribution in [-0.2, 0) is 0 Å². The fourth-order valence-corrected chi connectivity index (χ4v) is 3.01. The van der Waals surface area contributed by atoms with Crippen molar-refractivity contribution in [2.75, 3.05) is 0 Å². The van der Waals surface area contributed by atoms with Gasteiger partial charge in [0.2, 0.25) is 0 Å². The van der Waals surface area contributed by atoms with Crippen LogP contribution < -0.4 is 0 Å². The lowest BCUT2D eigenvalue weighted by Crippen LogP contribution is -1.80. The fraction of sp³-hybridized carbons (Fsp3) is 0. The SMILES string of the molecule is Fc1cccc(-c2nc(Cl)sc2Br)c1. The van der Waals surface area contributed by atoms with Gasteiger partial charge in [-0.2, -0.15) is 0 Å². The summed E-state index contributed by atoms with van der Waals surface area (Å²) < 4.78 is 14.2. The first-order chi connectivity index (χ1) is 6.66. The Labute approximate surface area is 97.7 Å². The van der Waals surface area contributed by atoms with Crippen LogP contribution in [0.25, 0.3) is 11.3 Å². The Morgan fingerprint density at radius 2 is 2.21 bits per heavy atom. The molecule has 0 radical (unpaired) electrons. The highest BCUT2D eigenvalue weighted by atomic mass is 79.9. The van der Waals surface area contributed by atoms with Gasteiger partial charge in [-0.3, -0.25) is 0 Å². The minimum absolute atomic E-state index is 0.279. The number of rotatable bonds is 1. The van der Waals surface area contributed by atoms with Crippen molar-refractivity contribution in [1.29, 1.82) is 0 Å². The molecule has 0 saturated carbocycles. The van der Waals surface area contributed by atoms with Crippen molar-refractivity contribution in [3.8, 4) is 11.3 Å². The molecule has 0 aliphatic rings. The van der Waals surface area contributed by atoms with E-state index in [4.69, 9.17) is 11.6 Å². The third kappa shape index (κ3) is 1.97. The molecule has 0 aliphatic carbocycles. The molecule has 0 saturated heterocycles. The first kappa shape index (κ1) is 10.1. The Hall–Kier alpha value is -0.450. The van der Waals surface area contributed by atoms with Gasteiger partial charge in [-0.1, -0.05) is 35.1 Å². The van der Waals surface area contributed by atoms with Crippen LogP contribution >= 0.6 is 38.9 Å². The minimum atomic E-state index is -0.279. The molecule has 0 spiro atoms. The summed E-state index contributed by atoms with van der Waals surface area (Å²) in [5.74, 6) is -0.279. The first-order valence-corrected chi connectivity index (χ1v) is 5.73. The number of aromatic nitrogens is 1. The van der Waals surface area contributed by atoms with Gasteiger partial charge < -0.3 is 0 Å². The average Bonchev–Trinajstić information content (AvgIpc) is 2.45.